The van der Waals surface area contributed by atoms with Gasteiger partial charge in [0.1, 0.15) is 5.69 Å². The highest BCUT2D eigenvalue weighted by atomic mass is 16.5. The molecular formula is C51H34N2O2. The molecule has 4 heteroatoms. The second-order valence-corrected chi connectivity index (χ2v) is 15.3. The maximum absolute atomic E-state index is 6.65. The number of ether oxygens (including phenoxy) is 2. The molecule has 12 rings (SSSR count). The van der Waals surface area contributed by atoms with Gasteiger partial charge in [-0.25, -0.2) is 0 Å². The molecule has 0 spiro atoms. The molecule has 0 amide bonds. The summed E-state index contributed by atoms with van der Waals surface area (Å²) in [4.78, 5) is 2.42. The third-order valence-electron chi connectivity index (χ3n) is 12.0. The van der Waals surface area contributed by atoms with Crippen molar-refractivity contribution in [2.45, 2.75) is 19.3 Å². The summed E-state index contributed by atoms with van der Waals surface area (Å²) in [7, 11) is 0. The zero-order chi connectivity index (χ0) is 36.4. The molecule has 0 radical (unpaired) electrons. The van der Waals surface area contributed by atoms with Gasteiger partial charge in [0.05, 0.1) is 16.7 Å². The number of aromatic nitrogens is 1. The fourth-order valence-corrected chi connectivity index (χ4v) is 9.39. The number of rotatable bonds is 5. The van der Waals surface area contributed by atoms with E-state index >= 15 is 0 Å². The van der Waals surface area contributed by atoms with E-state index in [0.29, 0.717) is 0 Å². The Morgan fingerprint density at radius 1 is 0.436 bits per heavy atom. The predicted octanol–water partition coefficient (Wildman–Crippen LogP) is 14.1. The molecule has 2 aliphatic heterocycles. The highest BCUT2D eigenvalue weighted by Crippen LogP contribution is 2.55. The second-order valence-electron chi connectivity index (χ2n) is 15.3. The fourth-order valence-electron chi connectivity index (χ4n) is 9.39. The molecule has 260 valence electrons. The lowest BCUT2D eigenvalue weighted by Crippen LogP contribution is -2.16. The van der Waals surface area contributed by atoms with Gasteiger partial charge in [-0.2, -0.15) is 0 Å². The Kier molecular flexibility index (Phi) is 6.09. The Labute approximate surface area is 319 Å². The first-order valence-corrected chi connectivity index (χ1v) is 18.9. The SMILES string of the molecule is CC1(C)c2ccccc2-c2ccc(N(c3ccc(-c4cc5c6c(c4)c4cccc7c4n6-c4c(cccc4O5)O7)cc3)c3ccccc3-c3ccccc3)cc21. The minimum absolute atomic E-state index is 0.116. The molecule has 3 aliphatic rings. The summed E-state index contributed by atoms with van der Waals surface area (Å²) in [6.07, 6.45) is 0. The van der Waals surface area contributed by atoms with Crippen LogP contribution in [0.15, 0.2) is 170 Å². The van der Waals surface area contributed by atoms with Gasteiger partial charge in [-0.05, 0) is 99.6 Å². The van der Waals surface area contributed by atoms with Crippen molar-refractivity contribution in [2.75, 3.05) is 4.90 Å². The molecule has 0 bridgehead atoms. The minimum atomic E-state index is -0.116. The van der Waals surface area contributed by atoms with Crippen molar-refractivity contribution >= 4 is 38.9 Å². The molecule has 0 N–H and O–H groups in total. The van der Waals surface area contributed by atoms with E-state index in [2.05, 4.69) is 175 Å². The molecule has 0 atom stereocenters. The van der Waals surface area contributed by atoms with Crippen molar-refractivity contribution in [2.24, 2.45) is 0 Å². The monoisotopic (exact) mass is 706 g/mol. The lowest BCUT2D eigenvalue weighted by molar-refractivity contribution is 0.444. The van der Waals surface area contributed by atoms with E-state index in [-0.39, 0.29) is 5.41 Å². The molecule has 1 aliphatic carbocycles. The van der Waals surface area contributed by atoms with Gasteiger partial charge in [0.15, 0.2) is 23.0 Å². The Bertz CT molecular complexity index is 3060. The highest BCUT2D eigenvalue weighted by molar-refractivity contribution is 6.16. The standard InChI is InChI=1S/C51H34N2O2/c1-51(2)41-17-8-6-15-37(41)38-27-26-35(30-42(38)51)52(43-18-9-7-14-36(43)32-12-4-3-5-13-32)34-24-22-31(23-25-34)33-28-40-39-16-10-19-44-48(39)53-49(40)47(29-33)55-46-21-11-20-45(54-44)50(46)53/h3-30H,1-2H3. The van der Waals surface area contributed by atoms with Gasteiger partial charge in [-0.3, -0.25) is 4.57 Å². The maximum atomic E-state index is 6.65. The molecule has 55 heavy (non-hydrogen) atoms. The van der Waals surface area contributed by atoms with Crippen LogP contribution in [0.4, 0.5) is 17.1 Å². The summed E-state index contributed by atoms with van der Waals surface area (Å²) in [5.41, 5.74) is 16.3. The van der Waals surface area contributed by atoms with Crippen LogP contribution in [0.2, 0.25) is 0 Å². The lowest BCUT2D eigenvalue weighted by atomic mass is 9.82. The summed E-state index contributed by atoms with van der Waals surface area (Å²) in [6.45, 7) is 4.69. The van der Waals surface area contributed by atoms with Crippen molar-refractivity contribution in [1.29, 1.82) is 0 Å². The predicted molar refractivity (Wildman–Crippen MR) is 224 cm³/mol. The second kappa shape index (κ2) is 11.0. The Morgan fingerprint density at radius 3 is 1.93 bits per heavy atom. The summed E-state index contributed by atoms with van der Waals surface area (Å²) >= 11 is 0. The van der Waals surface area contributed by atoms with Crippen LogP contribution in [0.1, 0.15) is 25.0 Å². The highest BCUT2D eigenvalue weighted by Gasteiger charge is 2.36. The Balaban J connectivity index is 1.02. The van der Waals surface area contributed by atoms with E-state index in [9.17, 15) is 0 Å². The average Bonchev–Trinajstić information content (AvgIpc) is 3.69. The smallest absolute Gasteiger partial charge is 0.155 e. The van der Waals surface area contributed by atoms with Crippen LogP contribution in [0, 0.1) is 0 Å². The molecule has 0 saturated heterocycles. The first-order chi connectivity index (χ1) is 27.0. The topological polar surface area (TPSA) is 26.6 Å². The van der Waals surface area contributed by atoms with Crippen LogP contribution in [0.25, 0.3) is 60.9 Å². The first kappa shape index (κ1) is 30.4. The zero-order valence-electron chi connectivity index (χ0n) is 30.4. The van der Waals surface area contributed by atoms with Crippen LogP contribution in [0.5, 0.6) is 23.0 Å². The van der Waals surface area contributed by atoms with E-state index in [1.165, 1.54) is 33.4 Å². The molecule has 0 unspecified atom stereocenters. The van der Waals surface area contributed by atoms with Gasteiger partial charge < -0.3 is 14.4 Å². The van der Waals surface area contributed by atoms with Crippen LogP contribution in [0.3, 0.4) is 0 Å². The van der Waals surface area contributed by atoms with Gasteiger partial charge in [-0.15, -0.1) is 0 Å². The van der Waals surface area contributed by atoms with Crippen LogP contribution < -0.4 is 14.4 Å². The van der Waals surface area contributed by atoms with E-state index in [0.717, 1.165) is 78.7 Å². The molecule has 9 aromatic rings. The van der Waals surface area contributed by atoms with Crippen molar-refractivity contribution in [1.82, 2.24) is 4.57 Å². The van der Waals surface area contributed by atoms with Gasteiger partial charge >= 0.3 is 0 Å². The fraction of sp³-hybridized carbons (Fsp3) is 0.0588. The third-order valence-corrected chi connectivity index (χ3v) is 12.0. The molecule has 0 saturated carbocycles. The van der Waals surface area contributed by atoms with Gasteiger partial charge in [-0.1, -0.05) is 123 Å². The quantitative estimate of drug-likeness (QED) is 0.178. The van der Waals surface area contributed by atoms with Gasteiger partial charge in [0.2, 0.25) is 0 Å². The summed E-state index contributed by atoms with van der Waals surface area (Å²) < 4.78 is 15.4. The molecule has 3 heterocycles. The third kappa shape index (κ3) is 4.22. The Hall–Kier alpha value is -7.04. The molecule has 0 fully saturated rings. The normalized spacial score (nSPS) is 13.7. The van der Waals surface area contributed by atoms with Crippen LogP contribution in [-0.4, -0.2) is 4.57 Å². The van der Waals surface area contributed by atoms with Crippen LogP contribution >= 0.6 is 0 Å². The minimum Gasteiger partial charge on any atom is -0.453 e. The summed E-state index contributed by atoms with van der Waals surface area (Å²) in [5.74, 6) is 3.34. The number of nitrogens with zero attached hydrogens (tertiary/aromatic N) is 2. The average molecular weight is 707 g/mol. The summed E-state index contributed by atoms with van der Waals surface area (Å²) in [5, 5.41) is 2.31. The first-order valence-electron chi connectivity index (χ1n) is 18.9. The molecular weight excluding hydrogens is 673 g/mol. The van der Waals surface area contributed by atoms with Crippen molar-refractivity contribution in [3.63, 3.8) is 0 Å². The zero-order valence-corrected chi connectivity index (χ0v) is 30.4. The summed E-state index contributed by atoms with van der Waals surface area (Å²) in [6, 6.07) is 61.1. The number of fused-ring (bicyclic) bond motifs is 4. The number of anilines is 3. The largest absolute Gasteiger partial charge is 0.453 e. The van der Waals surface area contributed by atoms with E-state index in [1.807, 2.05) is 18.2 Å². The number of para-hydroxylation sites is 3. The number of hydrogen-bond acceptors (Lipinski definition) is 3. The van der Waals surface area contributed by atoms with Gasteiger partial charge in [0, 0.05) is 33.1 Å². The van der Waals surface area contributed by atoms with E-state index < -0.39 is 0 Å². The van der Waals surface area contributed by atoms with Crippen molar-refractivity contribution < 1.29 is 9.47 Å². The maximum Gasteiger partial charge on any atom is 0.155 e. The van der Waals surface area contributed by atoms with Crippen molar-refractivity contribution in [3.05, 3.63) is 181 Å². The van der Waals surface area contributed by atoms with Crippen molar-refractivity contribution in [3.8, 4) is 62.1 Å². The van der Waals surface area contributed by atoms with E-state index in [4.69, 9.17) is 9.47 Å². The lowest BCUT2D eigenvalue weighted by Gasteiger charge is -2.30. The van der Waals surface area contributed by atoms with E-state index in [1.54, 1.807) is 0 Å². The van der Waals surface area contributed by atoms with Gasteiger partial charge in [0.25, 0.3) is 0 Å². The molecule has 4 nitrogen and oxygen atoms in total. The number of hydrogen-bond donors (Lipinski definition) is 0. The molecule has 1 aromatic heterocycles. The van der Waals surface area contributed by atoms with Crippen LogP contribution in [-0.2, 0) is 5.41 Å². The molecule has 8 aromatic carbocycles. The Morgan fingerprint density at radius 2 is 1.09 bits per heavy atom. The number of benzene rings is 8.